The maximum absolute atomic E-state index is 13.1. The van der Waals surface area contributed by atoms with Gasteiger partial charge in [0, 0.05) is 48.5 Å². The van der Waals surface area contributed by atoms with Gasteiger partial charge < -0.3 is 24.3 Å². The van der Waals surface area contributed by atoms with Crippen molar-refractivity contribution in [3.05, 3.63) is 90.5 Å². The molecule has 0 spiro atoms. The fourth-order valence-electron chi connectivity index (χ4n) is 9.23. The van der Waals surface area contributed by atoms with E-state index in [9.17, 15) is 31.2 Å². The van der Waals surface area contributed by atoms with Gasteiger partial charge in [-0.2, -0.15) is 31.8 Å². The first-order chi connectivity index (χ1) is 33.0. The molecule has 4 aromatic heterocycles. The summed E-state index contributed by atoms with van der Waals surface area (Å²) >= 11 is 0. The molecule has 1 aromatic carbocycles. The van der Waals surface area contributed by atoms with Crippen LogP contribution in [-0.2, 0) is 53.1 Å². The van der Waals surface area contributed by atoms with Crippen molar-refractivity contribution in [2.24, 2.45) is 10.8 Å². The monoisotopic (exact) mass is 992 g/mol. The lowest BCUT2D eigenvalue weighted by Gasteiger charge is -2.34. The van der Waals surface area contributed by atoms with E-state index in [-0.39, 0.29) is 36.0 Å². The molecule has 0 amide bonds. The Morgan fingerprint density at radius 1 is 0.629 bits per heavy atom. The van der Waals surface area contributed by atoms with Gasteiger partial charge in [-0.1, -0.05) is 68.9 Å². The van der Waals surface area contributed by atoms with Crippen molar-refractivity contribution >= 4 is 45.3 Å². The Bertz CT molecular complexity index is 2660. The molecule has 2 aliphatic carbocycles. The van der Waals surface area contributed by atoms with Crippen molar-refractivity contribution in [1.82, 2.24) is 29.5 Å². The van der Waals surface area contributed by atoms with E-state index in [2.05, 4.69) is 75.0 Å². The van der Waals surface area contributed by atoms with Crippen molar-refractivity contribution in [2.75, 3.05) is 23.8 Å². The second-order valence-electron chi connectivity index (χ2n) is 20.1. The summed E-state index contributed by atoms with van der Waals surface area (Å²) in [5, 5.41) is 15.2. The number of anilines is 4. The molecule has 0 radical (unpaired) electrons. The Morgan fingerprint density at radius 3 is 1.50 bits per heavy atom. The molecule has 2 fully saturated rings. The number of ether oxygens (including phenoxy) is 2. The molecule has 0 aliphatic heterocycles. The van der Waals surface area contributed by atoms with Gasteiger partial charge in [-0.3, -0.25) is 9.59 Å². The molecule has 2 saturated carbocycles. The molecule has 380 valence electrons. The molecule has 0 bridgehead atoms. The van der Waals surface area contributed by atoms with Crippen LogP contribution in [0.25, 0.3) is 11.1 Å². The number of hydrogen-bond donors (Lipinski definition) is 2. The maximum Gasteiger partial charge on any atom is 0.534 e. The standard InChI is InChI=1S/C28H36N4O2.C23H31F3N4O5S/c1-5-34-26(33)28(15-10-7-11-16-28)20-23-18-22(21-12-8-6-9-13-21)19-24(30-23)31-25-14-17-29-32(25)27(2,3)4;1-5-34-20(31)22(10-7-6-8-11-22)15-16-13-17(35-36(32,33)23(24,25)26)14-18(28-16)29-19-9-12-27-30(19)21(2,3)4/h6,8-9,12-14,17-19H,5,7,10-11,15-16,20H2,1-4H3,(H,30,31);9,12-14H,5-8,10-11,15H2,1-4H3,(H,28,29). The average Bonchev–Trinajstić information content (AvgIpc) is 3.98. The highest BCUT2D eigenvalue weighted by Gasteiger charge is 2.49. The fourth-order valence-corrected chi connectivity index (χ4v) is 9.67. The molecule has 2 N–H and O–H groups in total. The SMILES string of the molecule is CCOC(=O)C1(Cc2cc(-c3ccccc3)cc(Nc3ccnn3C(C)(C)C)n2)CCCCC1.CCOC(=O)C1(Cc2cc(OS(=O)(=O)C(F)(F)F)cc(Nc3ccnn3C(C)(C)C)n2)CCCCC1. The highest BCUT2D eigenvalue weighted by atomic mass is 32.2. The van der Waals surface area contributed by atoms with Crippen molar-refractivity contribution in [1.29, 1.82) is 0 Å². The maximum atomic E-state index is 13.1. The predicted octanol–water partition coefficient (Wildman–Crippen LogP) is 11.6. The average molecular weight is 993 g/mol. The van der Waals surface area contributed by atoms with Crippen LogP contribution in [0.2, 0.25) is 0 Å². The van der Waals surface area contributed by atoms with E-state index in [1.165, 1.54) is 6.42 Å². The van der Waals surface area contributed by atoms with E-state index in [0.29, 0.717) is 31.7 Å². The summed E-state index contributed by atoms with van der Waals surface area (Å²) in [4.78, 5) is 35.5. The summed E-state index contributed by atoms with van der Waals surface area (Å²) in [5.74, 6) is 1.10. The van der Waals surface area contributed by atoms with Crippen molar-refractivity contribution in [3.8, 4) is 16.9 Å². The third-order valence-corrected chi connectivity index (χ3v) is 13.5. The zero-order valence-corrected chi connectivity index (χ0v) is 42.3. The van der Waals surface area contributed by atoms with E-state index < -0.39 is 43.7 Å². The van der Waals surface area contributed by atoms with E-state index >= 15 is 0 Å². The first-order valence-electron chi connectivity index (χ1n) is 24.0. The number of halogens is 3. The number of hydrogen-bond acceptors (Lipinski definition) is 13. The lowest BCUT2D eigenvalue weighted by molar-refractivity contribution is -0.158. The Balaban J connectivity index is 0.000000230. The Morgan fingerprint density at radius 2 is 1.07 bits per heavy atom. The van der Waals surface area contributed by atoms with E-state index in [0.717, 1.165) is 85.5 Å². The van der Waals surface area contributed by atoms with Crippen LogP contribution in [0.15, 0.2) is 79.1 Å². The number of carbonyl (C=O) groups excluding carboxylic acids is 2. The molecule has 0 atom stereocenters. The van der Waals surface area contributed by atoms with Crippen LogP contribution in [0, 0.1) is 10.8 Å². The van der Waals surface area contributed by atoms with Gasteiger partial charge in [0.1, 0.15) is 29.0 Å². The normalized spacial score (nSPS) is 16.0. The number of aromatic nitrogens is 6. The number of carbonyl (C=O) groups is 2. The van der Waals surface area contributed by atoms with Gasteiger partial charge in [0.25, 0.3) is 0 Å². The minimum Gasteiger partial charge on any atom is -0.466 e. The van der Waals surface area contributed by atoms with Crippen LogP contribution in [0.5, 0.6) is 5.75 Å². The van der Waals surface area contributed by atoms with Crippen molar-refractivity contribution in [2.45, 2.75) is 149 Å². The lowest BCUT2D eigenvalue weighted by Crippen LogP contribution is -2.37. The third-order valence-electron chi connectivity index (χ3n) is 12.5. The van der Waals surface area contributed by atoms with Gasteiger partial charge in [0.05, 0.1) is 47.5 Å². The summed E-state index contributed by atoms with van der Waals surface area (Å²) in [6, 6.07) is 20.3. The molecule has 0 saturated heterocycles. The summed E-state index contributed by atoms with van der Waals surface area (Å²) in [5.41, 5.74) is -4.32. The van der Waals surface area contributed by atoms with E-state index in [4.69, 9.17) is 14.5 Å². The molecule has 2 aliphatic rings. The summed E-state index contributed by atoms with van der Waals surface area (Å²) in [7, 11) is -5.92. The predicted molar refractivity (Wildman–Crippen MR) is 262 cm³/mol. The molecular weight excluding hydrogens is 926 g/mol. The Kier molecular flexibility index (Phi) is 16.8. The quantitative estimate of drug-likeness (QED) is 0.0575. The molecule has 7 rings (SSSR count). The number of pyridine rings is 2. The number of alkyl halides is 3. The van der Waals surface area contributed by atoms with Gasteiger partial charge in [0.15, 0.2) is 0 Å². The van der Waals surface area contributed by atoms with Gasteiger partial charge in [-0.25, -0.2) is 19.3 Å². The van der Waals surface area contributed by atoms with E-state index in [1.54, 1.807) is 30.1 Å². The number of esters is 2. The van der Waals surface area contributed by atoms with E-state index in [1.807, 2.05) is 56.6 Å². The van der Waals surface area contributed by atoms with Crippen molar-refractivity contribution < 1.29 is 44.8 Å². The highest BCUT2D eigenvalue weighted by molar-refractivity contribution is 7.88. The third kappa shape index (κ3) is 13.2. The van der Waals surface area contributed by atoms with Crippen LogP contribution in [0.4, 0.5) is 36.4 Å². The van der Waals surface area contributed by atoms with Gasteiger partial charge >= 0.3 is 27.6 Å². The highest BCUT2D eigenvalue weighted by Crippen LogP contribution is 2.43. The number of nitrogens with one attached hydrogen (secondary N) is 2. The number of nitrogens with zero attached hydrogens (tertiary/aromatic N) is 6. The van der Waals surface area contributed by atoms with Crippen LogP contribution in [-0.4, -0.2) is 68.6 Å². The second-order valence-corrected chi connectivity index (χ2v) is 21.6. The lowest BCUT2D eigenvalue weighted by atomic mass is 9.71. The fraction of sp³-hybridized carbons (Fsp3) is 0.529. The summed E-state index contributed by atoms with van der Waals surface area (Å²) in [6.45, 7) is 16.3. The topological polar surface area (TPSA) is 181 Å². The minimum absolute atomic E-state index is 0.0423. The van der Waals surface area contributed by atoms with Crippen LogP contribution < -0.4 is 14.8 Å². The Hall–Kier alpha value is -5.98. The smallest absolute Gasteiger partial charge is 0.466 e. The first-order valence-corrected chi connectivity index (χ1v) is 25.4. The summed E-state index contributed by atoms with van der Waals surface area (Å²) < 4.78 is 81.4. The molecule has 0 unspecified atom stereocenters. The van der Waals surface area contributed by atoms with Gasteiger partial charge in [-0.15, -0.1) is 0 Å². The van der Waals surface area contributed by atoms with Crippen molar-refractivity contribution in [3.63, 3.8) is 0 Å². The zero-order chi connectivity index (χ0) is 51.0. The first kappa shape index (κ1) is 53.4. The van der Waals surface area contributed by atoms with Crippen LogP contribution in [0.1, 0.15) is 131 Å². The summed E-state index contributed by atoms with van der Waals surface area (Å²) in [6.07, 6.45) is 12.5. The minimum atomic E-state index is -5.92. The largest absolute Gasteiger partial charge is 0.534 e. The number of rotatable bonds is 15. The van der Waals surface area contributed by atoms with Crippen LogP contribution in [0.3, 0.4) is 0 Å². The van der Waals surface area contributed by atoms with Gasteiger partial charge in [-0.05, 0) is 104 Å². The molecule has 4 heterocycles. The molecule has 5 aromatic rings. The molecular formula is C51H67F3N8O7S. The molecule has 15 nitrogen and oxygen atoms in total. The number of benzene rings is 1. The molecule has 70 heavy (non-hydrogen) atoms. The Labute approximate surface area is 409 Å². The molecule has 19 heteroatoms. The second kappa shape index (κ2) is 22.0. The van der Waals surface area contributed by atoms with Crippen LogP contribution >= 0.6 is 0 Å². The zero-order valence-electron chi connectivity index (χ0n) is 41.5. The van der Waals surface area contributed by atoms with Gasteiger partial charge in [0.2, 0.25) is 0 Å².